The molecule has 0 aliphatic rings. The molecule has 0 fully saturated rings. The van der Waals surface area contributed by atoms with Crippen LogP contribution in [0.3, 0.4) is 0 Å². The number of hydrogen-bond acceptors (Lipinski definition) is 7. The van der Waals surface area contributed by atoms with Crippen LogP contribution >= 0.6 is 0 Å². The van der Waals surface area contributed by atoms with Crippen LogP contribution in [-0.2, 0) is 0 Å². The van der Waals surface area contributed by atoms with E-state index < -0.39 is 0 Å². The topological polar surface area (TPSA) is 82.8 Å². The molecule has 2 aromatic carbocycles. The number of nitrogens with zero attached hydrogens (tertiary/aromatic N) is 4. The van der Waals surface area contributed by atoms with Gasteiger partial charge in [0.15, 0.2) is 23.1 Å². The van der Waals surface area contributed by atoms with E-state index >= 15 is 0 Å². The lowest BCUT2D eigenvalue weighted by atomic mass is 10.0. The zero-order valence-corrected chi connectivity index (χ0v) is 21.5. The number of aryl methyl sites for hydroxylation is 2. The molecule has 35 heavy (non-hydrogen) atoms. The zero-order valence-electron chi connectivity index (χ0n) is 21.5. The van der Waals surface area contributed by atoms with Crippen LogP contribution in [0.4, 0.5) is 11.5 Å². The first-order valence-corrected chi connectivity index (χ1v) is 11.8. The SMILES string of the molecule is CCC(CC)c1nc(C)c2c(Nc3cc(OC)c(OC)c(OC)c3)nc(-c3ccc(C)cc3)nn12. The van der Waals surface area contributed by atoms with Crippen molar-refractivity contribution in [2.75, 3.05) is 26.6 Å². The Morgan fingerprint density at radius 3 is 2.06 bits per heavy atom. The summed E-state index contributed by atoms with van der Waals surface area (Å²) >= 11 is 0. The summed E-state index contributed by atoms with van der Waals surface area (Å²) in [5.41, 5.74) is 4.59. The number of methoxy groups -OCH3 is 3. The number of fused-ring (bicyclic) bond motifs is 1. The van der Waals surface area contributed by atoms with Gasteiger partial charge in [0, 0.05) is 29.3 Å². The van der Waals surface area contributed by atoms with Crippen LogP contribution in [0, 0.1) is 13.8 Å². The van der Waals surface area contributed by atoms with Gasteiger partial charge in [0.1, 0.15) is 11.3 Å². The molecule has 8 nitrogen and oxygen atoms in total. The van der Waals surface area contributed by atoms with E-state index in [1.54, 1.807) is 21.3 Å². The largest absolute Gasteiger partial charge is 0.493 e. The van der Waals surface area contributed by atoms with Gasteiger partial charge < -0.3 is 19.5 Å². The molecule has 0 aliphatic carbocycles. The van der Waals surface area contributed by atoms with Crippen molar-refractivity contribution in [3.8, 4) is 28.6 Å². The van der Waals surface area contributed by atoms with Gasteiger partial charge in [0.05, 0.1) is 27.0 Å². The van der Waals surface area contributed by atoms with Crippen LogP contribution in [0.25, 0.3) is 16.9 Å². The van der Waals surface area contributed by atoms with E-state index in [0.717, 1.165) is 41.1 Å². The average Bonchev–Trinajstić information content (AvgIpc) is 3.20. The minimum atomic E-state index is 0.297. The molecule has 4 rings (SSSR count). The maximum Gasteiger partial charge on any atom is 0.203 e. The van der Waals surface area contributed by atoms with Gasteiger partial charge in [-0.05, 0) is 26.7 Å². The maximum atomic E-state index is 5.54. The van der Waals surface area contributed by atoms with Gasteiger partial charge in [0.25, 0.3) is 0 Å². The second-order valence-corrected chi connectivity index (χ2v) is 8.52. The molecule has 0 atom stereocenters. The van der Waals surface area contributed by atoms with E-state index in [-0.39, 0.29) is 0 Å². The van der Waals surface area contributed by atoms with Crippen LogP contribution in [0.15, 0.2) is 36.4 Å². The fourth-order valence-corrected chi connectivity index (χ4v) is 4.31. The van der Waals surface area contributed by atoms with Crippen molar-refractivity contribution in [3.63, 3.8) is 0 Å². The monoisotopic (exact) mass is 475 g/mol. The summed E-state index contributed by atoms with van der Waals surface area (Å²) < 4.78 is 18.5. The summed E-state index contributed by atoms with van der Waals surface area (Å²) in [7, 11) is 4.79. The van der Waals surface area contributed by atoms with Gasteiger partial charge in [0.2, 0.25) is 5.75 Å². The second-order valence-electron chi connectivity index (χ2n) is 8.52. The molecule has 0 aliphatic heterocycles. The number of hydrogen-bond donors (Lipinski definition) is 1. The fourth-order valence-electron chi connectivity index (χ4n) is 4.31. The van der Waals surface area contributed by atoms with Crippen molar-refractivity contribution in [2.24, 2.45) is 0 Å². The molecule has 8 heteroatoms. The van der Waals surface area contributed by atoms with E-state index in [1.807, 2.05) is 35.7 Å². The van der Waals surface area contributed by atoms with Gasteiger partial charge in [-0.2, -0.15) is 0 Å². The predicted octanol–water partition coefficient (Wildman–Crippen LogP) is 6.08. The van der Waals surface area contributed by atoms with Crippen molar-refractivity contribution in [1.29, 1.82) is 0 Å². The third-order valence-corrected chi connectivity index (χ3v) is 6.28. The molecule has 0 saturated heterocycles. The lowest BCUT2D eigenvalue weighted by Crippen LogP contribution is -2.09. The zero-order chi connectivity index (χ0) is 25.1. The van der Waals surface area contributed by atoms with Crippen LogP contribution in [0.2, 0.25) is 0 Å². The van der Waals surface area contributed by atoms with Crippen molar-refractivity contribution in [1.82, 2.24) is 19.6 Å². The number of benzene rings is 2. The highest BCUT2D eigenvalue weighted by molar-refractivity contribution is 5.79. The lowest BCUT2D eigenvalue weighted by molar-refractivity contribution is 0.324. The average molecular weight is 476 g/mol. The number of nitrogens with one attached hydrogen (secondary N) is 1. The number of anilines is 2. The number of ether oxygens (including phenoxy) is 3. The Labute approximate surface area is 206 Å². The van der Waals surface area contributed by atoms with E-state index in [4.69, 9.17) is 29.3 Å². The van der Waals surface area contributed by atoms with Gasteiger partial charge in [-0.15, -0.1) is 5.10 Å². The molecular weight excluding hydrogens is 442 g/mol. The van der Waals surface area contributed by atoms with Crippen molar-refractivity contribution in [2.45, 2.75) is 46.5 Å². The number of aromatic nitrogens is 4. The third-order valence-electron chi connectivity index (χ3n) is 6.28. The quantitative estimate of drug-likeness (QED) is 0.314. The lowest BCUT2D eigenvalue weighted by Gasteiger charge is -2.16. The summed E-state index contributed by atoms with van der Waals surface area (Å²) in [4.78, 5) is 9.87. The van der Waals surface area contributed by atoms with Crippen LogP contribution in [-0.4, -0.2) is 40.9 Å². The first-order chi connectivity index (χ1) is 16.9. The summed E-state index contributed by atoms with van der Waals surface area (Å²) in [5.74, 6) is 4.17. The van der Waals surface area contributed by atoms with E-state index in [9.17, 15) is 0 Å². The van der Waals surface area contributed by atoms with Gasteiger partial charge in [-0.1, -0.05) is 43.7 Å². The van der Waals surface area contributed by atoms with Crippen molar-refractivity contribution in [3.05, 3.63) is 53.5 Å². The molecule has 2 heterocycles. The van der Waals surface area contributed by atoms with Crippen LogP contribution in [0.5, 0.6) is 17.2 Å². The van der Waals surface area contributed by atoms with Gasteiger partial charge >= 0.3 is 0 Å². The molecule has 2 aromatic heterocycles. The number of rotatable bonds is 9. The molecule has 0 spiro atoms. The summed E-state index contributed by atoms with van der Waals surface area (Å²) in [6.07, 6.45) is 1.96. The minimum Gasteiger partial charge on any atom is -0.493 e. The van der Waals surface area contributed by atoms with Crippen molar-refractivity contribution >= 4 is 17.0 Å². The Morgan fingerprint density at radius 1 is 0.886 bits per heavy atom. The molecule has 0 unspecified atom stereocenters. The predicted molar refractivity (Wildman–Crippen MR) is 138 cm³/mol. The summed E-state index contributed by atoms with van der Waals surface area (Å²) in [5, 5.41) is 8.41. The normalized spacial score (nSPS) is 11.2. The molecular formula is C27H33N5O3. The highest BCUT2D eigenvalue weighted by Crippen LogP contribution is 2.41. The summed E-state index contributed by atoms with van der Waals surface area (Å²) in [6.45, 7) is 8.43. The molecule has 184 valence electrons. The Hall–Kier alpha value is -3.81. The first kappa shape index (κ1) is 24.3. The number of imidazole rings is 1. The third kappa shape index (κ3) is 4.60. The Morgan fingerprint density at radius 2 is 1.51 bits per heavy atom. The van der Waals surface area contributed by atoms with E-state index in [1.165, 1.54) is 5.56 Å². The van der Waals surface area contributed by atoms with Crippen molar-refractivity contribution < 1.29 is 14.2 Å². The van der Waals surface area contributed by atoms with E-state index in [2.05, 4.69) is 38.2 Å². The minimum absolute atomic E-state index is 0.297. The summed E-state index contributed by atoms with van der Waals surface area (Å²) in [6, 6.07) is 11.9. The van der Waals surface area contributed by atoms with E-state index in [0.29, 0.717) is 34.8 Å². The maximum absolute atomic E-state index is 5.54. The Kier molecular flexibility index (Phi) is 7.10. The highest BCUT2D eigenvalue weighted by atomic mass is 16.5. The molecule has 0 bridgehead atoms. The molecule has 1 N–H and O–H groups in total. The molecule has 0 radical (unpaired) electrons. The Bertz CT molecular complexity index is 1300. The highest BCUT2D eigenvalue weighted by Gasteiger charge is 2.22. The standard InChI is InChI=1S/C27H33N5O3/c1-8-18(9-2)27-28-17(4)23-26(29-20-14-21(33-5)24(35-7)22(15-20)34-6)30-25(31-32(23)27)19-12-10-16(3)11-13-19/h10-15,18H,8-9H2,1-7H3,(H,29,30,31). The molecule has 4 aromatic rings. The van der Waals surface area contributed by atoms with Crippen LogP contribution in [0.1, 0.15) is 49.7 Å². The first-order valence-electron chi connectivity index (χ1n) is 11.8. The fraction of sp³-hybridized carbons (Fsp3) is 0.370. The molecule has 0 saturated carbocycles. The van der Waals surface area contributed by atoms with Gasteiger partial charge in [-0.3, -0.25) is 0 Å². The smallest absolute Gasteiger partial charge is 0.203 e. The molecule has 0 amide bonds. The second kappa shape index (κ2) is 10.2. The van der Waals surface area contributed by atoms with Gasteiger partial charge in [-0.25, -0.2) is 14.5 Å². The van der Waals surface area contributed by atoms with Crippen LogP contribution < -0.4 is 19.5 Å². The Balaban J connectivity index is 1.93.